The van der Waals surface area contributed by atoms with Crippen LogP contribution in [-0.2, 0) is 16.4 Å². The molecule has 1 aromatic carbocycles. The van der Waals surface area contributed by atoms with E-state index in [9.17, 15) is 8.42 Å². The summed E-state index contributed by atoms with van der Waals surface area (Å²) in [5.74, 6) is 0.805. The Morgan fingerprint density at radius 1 is 1.17 bits per heavy atom. The fraction of sp³-hybridized carbons (Fsp3) is 0.562. The molecule has 130 valence electrons. The van der Waals surface area contributed by atoms with Gasteiger partial charge < -0.3 is 10.6 Å². The van der Waals surface area contributed by atoms with Crippen LogP contribution in [0.1, 0.15) is 37.7 Å². The molecule has 1 aromatic rings. The molecule has 7 heteroatoms. The molecule has 0 amide bonds. The van der Waals surface area contributed by atoms with Crippen LogP contribution in [0.15, 0.2) is 34.2 Å². The Kier molecular flexibility index (Phi) is 8.32. The number of halogens is 1. The molecule has 0 spiro atoms. The number of rotatable bonds is 4. The fourth-order valence-electron chi connectivity index (χ4n) is 2.68. The normalized spacial score (nSPS) is 16.5. The number of guanidine groups is 1. The second kappa shape index (κ2) is 9.46. The Morgan fingerprint density at radius 2 is 1.78 bits per heavy atom. The lowest BCUT2D eigenvalue weighted by molar-refractivity contribution is 0.410. The summed E-state index contributed by atoms with van der Waals surface area (Å²) >= 11 is 0. The predicted octanol–water partition coefficient (Wildman–Crippen LogP) is 2.71. The molecule has 2 rings (SSSR count). The lowest BCUT2D eigenvalue weighted by atomic mass is 9.96. The van der Waals surface area contributed by atoms with Crippen LogP contribution in [-0.4, -0.2) is 33.7 Å². The smallest absolute Gasteiger partial charge is 0.191 e. The number of sulfone groups is 1. The summed E-state index contributed by atoms with van der Waals surface area (Å²) in [5.41, 5.74) is 1.03. The van der Waals surface area contributed by atoms with Crippen LogP contribution in [0.4, 0.5) is 0 Å². The van der Waals surface area contributed by atoms with Gasteiger partial charge in [0.1, 0.15) is 0 Å². The van der Waals surface area contributed by atoms with Crippen molar-refractivity contribution < 1.29 is 8.42 Å². The summed E-state index contributed by atoms with van der Waals surface area (Å²) in [6.07, 6.45) is 7.50. The van der Waals surface area contributed by atoms with Crippen molar-refractivity contribution in [2.24, 2.45) is 4.99 Å². The van der Waals surface area contributed by atoms with Crippen LogP contribution in [0, 0.1) is 0 Å². The van der Waals surface area contributed by atoms with Crippen LogP contribution in [0.5, 0.6) is 0 Å². The van der Waals surface area contributed by atoms with E-state index in [1.807, 2.05) is 12.1 Å². The molecule has 0 bridgehead atoms. The summed E-state index contributed by atoms with van der Waals surface area (Å²) in [5, 5.41) is 6.74. The van der Waals surface area contributed by atoms with Crippen molar-refractivity contribution in [1.29, 1.82) is 0 Å². The fourth-order valence-corrected chi connectivity index (χ4v) is 3.31. The third-order valence-corrected chi connectivity index (χ3v) is 5.11. The van der Waals surface area contributed by atoms with Gasteiger partial charge in [-0.05, 0) is 30.5 Å². The minimum atomic E-state index is -3.13. The van der Waals surface area contributed by atoms with Gasteiger partial charge in [-0.15, -0.1) is 24.0 Å². The lowest BCUT2D eigenvalue weighted by Crippen LogP contribution is -2.43. The van der Waals surface area contributed by atoms with Crippen LogP contribution < -0.4 is 10.6 Å². The SMILES string of the molecule is CN=C(NCc1ccc(S(C)(=O)=O)cc1)NC1CCCCC1.I. The molecule has 5 nitrogen and oxygen atoms in total. The summed E-state index contributed by atoms with van der Waals surface area (Å²) < 4.78 is 22.9. The summed E-state index contributed by atoms with van der Waals surface area (Å²) in [6.45, 7) is 0.621. The van der Waals surface area contributed by atoms with Crippen molar-refractivity contribution in [1.82, 2.24) is 10.6 Å². The van der Waals surface area contributed by atoms with Crippen molar-refractivity contribution in [2.45, 2.75) is 49.6 Å². The largest absolute Gasteiger partial charge is 0.354 e. The summed E-state index contributed by atoms with van der Waals surface area (Å²) in [7, 11) is -1.36. The maximum Gasteiger partial charge on any atom is 0.191 e. The number of nitrogens with one attached hydrogen (secondary N) is 2. The van der Waals surface area contributed by atoms with E-state index < -0.39 is 9.84 Å². The number of aliphatic imine (C=N–C) groups is 1. The minimum absolute atomic E-state index is 0. The van der Waals surface area contributed by atoms with Crippen LogP contribution in [0.25, 0.3) is 0 Å². The average Bonchev–Trinajstić information content (AvgIpc) is 2.52. The highest BCUT2D eigenvalue weighted by Gasteiger charge is 2.14. The number of benzene rings is 1. The maximum absolute atomic E-state index is 11.4. The topological polar surface area (TPSA) is 70.6 Å². The van der Waals surface area contributed by atoms with Crippen molar-refractivity contribution in [3.8, 4) is 0 Å². The molecule has 0 heterocycles. The molecule has 0 unspecified atom stereocenters. The van der Waals surface area contributed by atoms with Crippen molar-refractivity contribution in [3.63, 3.8) is 0 Å². The Balaban J connectivity index is 0.00000264. The van der Waals surface area contributed by atoms with Gasteiger partial charge in [0.25, 0.3) is 0 Å². The quantitative estimate of drug-likeness (QED) is 0.420. The Hall–Kier alpha value is -0.830. The highest BCUT2D eigenvalue weighted by atomic mass is 127. The van der Waals surface area contributed by atoms with Gasteiger partial charge in [-0.1, -0.05) is 31.4 Å². The van der Waals surface area contributed by atoms with Gasteiger partial charge in [-0.25, -0.2) is 8.42 Å². The first-order valence-corrected chi connectivity index (χ1v) is 9.64. The molecule has 2 N–H and O–H groups in total. The number of nitrogens with zero attached hydrogens (tertiary/aromatic N) is 1. The Morgan fingerprint density at radius 3 is 2.30 bits per heavy atom. The Labute approximate surface area is 156 Å². The molecule has 23 heavy (non-hydrogen) atoms. The molecule has 0 aliphatic heterocycles. The third-order valence-electron chi connectivity index (χ3n) is 3.98. The molecule has 0 saturated heterocycles. The summed E-state index contributed by atoms with van der Waals surface area (Å²) in [4.78, 5) is 4.60. The van der Waals surface area contributed by atoms with Crippen molar-refractivity contribution in [2.75, 3.05) is 13.3 Å². The highest BCUT2D eigenvalue weighted by Crippen LogP contribution is 2.17. The molecular formula is C16H26IN3O2S. The molecule has 0 atom stereocenters. The minimum Gasteiger partial charge on any atom is -0.354 e. The van der Waals surface area contributed by atoms with E-state index in [0.29, 0.717) is 17.5 Å². The van der Waals surface area contributed by atoms with E-state index in [1.165, 1.54) is 38.4 Å². The maximum atomic E-state index is 11.4. The van der Waals surface area contributed by atoms with Gasteiger partial charge in [0.15, 0.2) is 15.8 Å². The first-order valence-electron chi connectivity index (χ1n) is 7.75. The van der Waals surface area contributed by atoms with E-state index in [-0.39, 0.29) is 24.0 Å². The van der Waals surface area contributed by atoms with E-state index in [4.69, 9.17) is 0 Å². The monoisotopic (exact) mass is 451 g/mol. The van der Waals surface area contributed by atoms with Gasteiger partial charge in [-0.3, -0.25) is 4.99 Å². The number of hydrogen-bond donors (Lipinski definition) is 2. The van der Waals surface area contributed by atoms with Crippen LogP contribution in [0.3, 0.4) is 0 Å². The molecule has 1 aliphatic carbocycles. The van der Waals surface area contributed by atoms with Crippen LogP contribution in [0.2, 0.25) is 0 Å². The van der Waals surface area contributed by atoms with Gasteiger partial charge in [0.2, 0.25) is 0 Å². The van der Waals surface area contributed by atoms with E-state index in [1.54, 1.807) is 19.2 Å². The van der Waals surface area contributed by atoms with Gasteiger partial charge in [0.05, 0.1) is 4.90 Å². The average molecular weight is 451 g/mol. The standard InChI is InChI=1S/C16H25N3O2S.HI/c1-17-16(19-14-6-4-3-5-7-14)18-12-13-8-10-15(11-9-13)22(2,20)21;/h8-11,14H,3-7,12H2,1-2H3,(H2,17,18,19);1H. The lowest BCUT2D eigenvalue weighted by Gasteiger charge is -2.24. The molecule has 1 aliphatic rings. The van der Waals surface area contributed by atoms with Crippen LogP contribution >= 0.6 is 24.0 Å². The predicted molar refractivity (Wildman–Crippen MR) is 105 cm³/mol. The zero-order valence-electron chi connectivity index (χ0n) is 13.7. The first-order chi connectivity index (χ1) is 10.5. The van der Waals surface area contributed by atoms with Gasteiger partial charge >= 0.3 is 0 Å². The zero-order chi connectivity index (χ0) is 16.0. The van der Waals surface area contributed by atoms with Crippen molar-refractivity contribution in [3.05, 3.63) is 29.8 Å². The molecule has 1 fully saturated rings. The first kappa shape index (κ1) is 20.2. The third kappa shape index (κ3) is 6.66. The highest BCUT2D eigenvalue weighted by molar-refractivity contribution is 14.0. The van der Waals surface area contributed by atoms with E-state index >= 15 is 0 Å². The zero-order valence-corrected chi connectivity index (χ0v) is 16.9. The second-order valence-corrected chi connectivity index (χ2v) is 7.84. The molecule has 0 aromatic heterocycles. The molecule has 0 radical (unpaired) electrons. The van der Waals surface area contributed by atoms with E-state index in [2.05, 4.69) is 15.6 Å². The van der Waals surface area contributed by atoms with E-state index in [0.717, 1.165) is 11.5 Å². The van der Waals surface area contributed by atoms with Gasteiger partial charge in [-0.2, -0.15) is 0 Å². The summed E-state index contributed by atoms with van der Waals surface area (Å²) in [6, 6.07) is 7.45. The molecule has 1 saturated carbocycles. The van der Waals surface area contributed by atoms with Gasteiger partial charge in [0, 0.05) is 25.9 Å². The van der Waals surface area contributed by atoms with Crippen molar-refractivity contribution >= 4 is 39.8 Å². The number of hydrogen-bond acceptors (Lipinski definition) is 3. The second-order valence-electron chi connectivity index (χ2n) is 5.82. The Bertz CT molecular complexity index is 609. The molecular weight excluding hydrogens is 425 g/mol.